The Balaban J connectivity index is 2.61. The van der Waals surface area contributed by atoms with Crippen molar-refractivity contribution in [1.82, 2.24) is 10.3 Å². The third-order valence-corrected chi connectivity index (χ3v) is 2.47. The minimum absolute atomic E-state index is 0.0339. The van der Waals surface area contributed by atoms with Crippen LogP contribution in [0.3, 0.4) is 0 Å². The minimum atomic E-state index is -0.432. The number of amides is 1. The summed E-state index contributed by atoms with van der Waals surface area (Å²) in [5.74, 6) is -0.466. The number of methoxy groups -OCH3 is 1. The van der Waals surface area contributed by atoms with Crippen LogP contribution >= 0.6 is 0 Å². The molecular formula is C14H18N2O3. The summed E-state index contributed by atoms with van der Waals surface area (Å²) in [6.45, 7) is 3.91. The number of aromatic nitrogens is 1. The van der Waals surface area contributed by atoms with Crippen molar-refractivity contribution < 1.29 is 14.3 Å². The second-order valence-corrected chi connectivity index (χ2v) is 4.10. The van der Waals surface area contributed by atoms with Crippen LogP contribution in [0.5, 0.6) is 0 Å². The molecule has 0 unspecified atom stereocenters. The maximum atomic E-state index is 11.4. The molecule has 19 heavy (non-hydrogen) atoms. The van der Waals surface area contributed by atoms with Crippen molar-refractivity contribution in [2.75, 3.05) is 13.7 Å². The molecule has 1 aromatic heterocycles. The van der Waals surface area contributed by atoms with Gasteiger partial charge in [-0.3, -0.25) is 4.79 Å². The van der Waals surface area contributed by atoms with Gasteiger partial charge in [-0.1, -0.05) is 12.2 Å². The number of esters is 1. The van der Waals surface area contributed by atoms with Crippen LogP contribution in [0.25, 0.3) is 6.08 Å². The van der Waals surface area contributed by atoms with E-state index in [9.17, 15) is 9.59 Å². The van der Waals surface area contributed by atoms with Crippen LogP contribution in [-0.2, 0) is 9.53 Å². The van der Waals surface area contributed by atoms with Gasteiger partial charge in [-0.2, -0.15) is 0 Å². The highest BCUT2D eigenvalue weighted by Crippen LogP contribution is 2.10. The smallest absolute Gasteiger partial charge is 0.356 e. The summed E-state index contributed by atoms with van der Waals surface area (Å²) < 4.78 is 4.63. The van der Waals surface area contributed by atoms with Gasteiger partial charge in [-0.15, -0.1) is 0 Å². The van der Waals surface area contributed by atoms with Crippen LogP contribution in [0.4, 0.5) is 0 Å². The molecule has 0 fully saturated rings. The summed E-state index contributed by atoms with van der Waals surface area (Å²) in [6, 6.07) is 1.87. The van der Waals surface area contributed by atoms with Crippen molar-refractivity contribution in [1.29, 1.82) is 0 Å². The number of hydrogen-bond donors (Lipinski definition) is 1. The van der Waals surface area contributed by atoms with Gasteiger partial charge in [0.2, 0.25) is 5.91 Å². The zero-order chi connectivity index (χ0) is 14.3. The average Bonchev–Trinajstić information content (AvgIpc) is 2.37. The number of nitrogens with one attached hydrogen (secondary N) is 1. The van der Waals surface area contributed by atoms with Gasteiger partial charge in [0.05, 0.1) is 7.11 Å². The second kappa shape index (κ2) is 7.31. The molecule has 0 atom stereocenters. The molecule has 0 spiro atoms. The maximum Gasteiger partial charge on any atom is 0.356 e. The van der Waals surface area contributed by atoms with Crippen molar-refractivity contribution in [3.8, 4) is 0 Å². The van der Waals surface area contributed by atoms with Crippen LogP contribution < -0.4 is 5.32 Å². The lowest BCUT2D eigenvalue weighted by Crippen LogP contribution is -2.20. The van der Waals surface area contributed by atoms with Gasteiger partial charge in [0.25, 0.3) is 0 Å². The van der Waals surface area contributed by atoms with Crippen molar-refractivity contribution in [2.45, 2.75) is 20.3 Å². The number of aryl methyl sites for hydroxylation is 1. The Hall–Kier alpha value is -2.17. The maximum absolute atomic E-state index is 11.4. The fraction of sp³-hybridized carbons (Fsp3) is 0.357. The number of ether oxygens (including phenoxy) is 1. The van der Waals surface area contributed by atoms with Crippen molar-refractivity contribution in [3.05, 3.63) is 35.2 Å². The molecule has 102 valence electrons. The first-order chi connectivity index (χ1) is 9.04. The first-order valence-corrected chi connectivity index (χ1v) is 6.00. The Morgan fingerprint density at radius 2 is 2.21 bits per heavy atom. The summed E-state index contributed by atoms with van der Waals surface area (Å²) in [6.07, 6.45) is 6.22. The van der Waals surface area contributed by atoms with E-state index < -0.39 is 5.97 Å². The number of nitrogens with zero attached hydrogens (tertiary/aromatic N) is 1. The van der Waals surface area contributed by atoms with Gasteiger partial charge >= 0.3 is 5.97 Å². The predicted octanol–water partition coefficient (Wildman–Crippen LogP) is 1.72. The number of carbonyl (C=O) groups is 2. The third kappa shape index (κ3) is 4.91. The van der Waals surface area contributed by atoms with E-state index in [4.69, 9.17) is 0 Å². The van der Waals surface area contributed by atoms with Gasteiger partial charge < -0.3 is 10.1 Å². The molecule has 0 saturated heterocycles. The average molecular weight is 262 g/mol. The van der Waals surface area contributed by atoms with E-state index in [1.165, 1.54) is 14.0 Å². The van der Waals surface area contributed by atoms with E-state index >= 15 is 0 Å². The molecule has 0 aromatic carbocycles. The summed E-state index contributed by atoms with van der Waals surface area (Å²) in [4.78, 5) is 26.1. The summed E-state index contributed by atoms with van der Waals surface area (Å²) in [5, 5.41) is 2.71. The van der Waals surface area contributed by atoms with Gasteiger partial charge in [0.1, 0.15) is 0 Å². The van der Waals surface area contributed by atoms with Crippen molar-refractivity contribution in [2.24, 2.45) is 0 Å². The molecule has 0 bridgehead atoms. The van der Waals surface area contributed by atoms with Crippen molar-refractivity contribution >= 4 is 18.0 Å². The molecule has 0 aliphatic carbocycles. The topological polar surface area (TPSA) is 68.3 Å². The Morgan fingerprint density at radius 1 is 1.47 bits per heavy atom. The lowest BCUT2D eigenvalue weighted by molar-refractivity contribution is -0.118. The monoisotopic (exact) mass is 262 g/mol. The molecule has 5 nitrogen and oxygen atoms in total. The Morgan fingerprint density at radius 3 is 2.79 bits per heavy atom. The standard InChI is InChI=1S/C14H18N2O3/c1-10-8-12(6-4-5-7-15-11(2)17)9-16-13(10)14(18)19-3/h4,6,8-9H,5,7H2,1-3H3,(H,15,17). The van der Waals surface area contributed by atoms with E-state index in [0.717, 1.165) is 17.5 Å². The van der Waals surface area contributed by atoms with E-state index in [1.807, 2.05) is 25.1 Å². The lowest BCUT2D eigenvalue weighted by Gasteiger charge is -2.03. The van der Waals surface area contributed by atoms with E-state index in [0.29, 0.717) is 12.2 Å². The summed E-state index contributed by atoms with van der Waals surface area (Å²) in [5.41, 5.74) is 2.02. The fourth-order valence-electron chi connectivity index (χ4n) is 1.55. The largest absolute Gasteiger partial charge is 0.464 e. The molecule has 5 heteroatoms. The molecular weight excluding hydrogens is 244 g/mol. The molecule has 1 N–H and O–H groups in total. The number of hydrogen-bond acceptors (Lipinski definition) is 4. The second-order valence-electron chi connectivity index (χ2n) is 4.10. The van der Waals surface area contributed by atoms with E-state index in [2.05, 4.69) is 15.0 Å². The van der Waals surface area contributed by atoms with Crippen LogP contribution in [0, 0.1) is 6.92 Å². The predicted molar refractivity (Wildman–Crippen MR) is 72.6 cm³/mol. The Labute approximate surface area is 112 Å². The first-order valence-electron chi connectivity index (χ1n) is 6.00. The third-order valence-electron chi connectivity index (χ3n) is 2.47. The molecule has 1 rings (SSSR count). The fourth-order valence-corrected chi connectivity index (χ4v) is 1.55. The van der Waals surface area contributed by atoms with Crippen LogP contribution in [0.1, 0.15) is 35.0 Å². The van der Waals surface area contributed by atoms with E-state index in [-0.39, 0.29) is 5.91 Å². The first kappa shape index (κ1) is 14.9. The number of rotatable bonds is 5. The van der Waals surface area contributed by atoms with Gasteiger partial charge in [0.15, 0.2) is 5.69 Å². The molecule has 1 heterocycles. The van der Waals surface area contributed by atoms with Gasteiger partial charge in [-0.05, 0) is 30.5 Å². The van der Waals surface area contributed by atoms with E-state index in [1.54, 1.807) is 6.20 Å². The SMILES string of the molecule is COC(=O)c1ncc(C=CCCNC(C)=O)cc1C. The quantitative estimate of drug-likeness (QED) is 0.648. The molecule has 0 saturated carbocycles. The van der Waals surface area contributed by atoms with Crippen LogP contribution in [-0.4, -0.2) is 30.5 Å². The zero-order valence-corrected chi connectivity index (χ0v) is 11.4. The Kier molecular flexibility index (Phi) is 5.73. The zero-order valence-electron chi connectivity index (χ0n) is 11.4. The molecule has 0 aliphatic heterocycles. The molecule has 1 amide bonds. The van der Waals surface area contributed by atoms with Crippen molar-refractivity contribution in [3.63, 3.8) is 0 Å². The molecule has 1 aromatic rings. The van der Waals surface area contributed by atoms with Crippen LogP contribution in [0.2, 0.25) is 0 Å². The number of pyridine rings is 1. The highest BCUT2D eigenvalue weighted by molar-refractivity contribution is 5.88. The van der Waals surface area contributed by atoms with Crippen LogP contribution in [0.15, 0.2) is 18.3 Å². The highest BCUT2D eigenvalue weighted by atomic mass is 16.5. The molecule has 0 aliphatic rings. The highest BCUT2D eigenvalue weighted by Gasteiger charge is 2.10. The summed E-state index contributed by atoms with van der Waals surface area (Å²) in [7, 11) is 1.33. The Bertz CT molecular complexity index is 495. The number of carbonyl (C=O) groups excluding carboxylic acids is 2. The molecule has 0 radical (unpaired) electrons. The summed E-state index contributed by atoms with van der Waals surface area (Å²) >= 11 is 0. The van der Waals surface area contributed by atoms with Gasteiger partial charge in [-0.25, -0.2) is 9.78 Å². The normalized spacial score (nSPS) is 10.5. The lowest BCUT2D eigenvalue weighted by atomic mass is 10.1. The van der Waals surface area contributed by atoms with Gasteiger partial charge in [0, 0.05) is 19.7 Å². The minimum Gasteiger partial charge on any atom is -0.464 e.